The highest BCUT2D eigenvalue weighted by atomic mass is 16.3. The molecule has 0 spiro atoms. The number of para-hydroxylation sites is 6. The van der Waals surface area contributed by atoms with Gasteiger partial charge in [0.2, 0.25) is 5.95 Å². The number of hydrogen-bond acceptors (Lipinski definition) is 3. The van der Waals surface area contributed by atoms with E-state index in [0.29, 0.717) is 11.5 Å². The summed E-state index contributed by atoms with van der Waals surface area (Å²) in [6.07, 6.45) is 0. The average Bonchev–Trinajstić information content (AvgIpc) is 3.76. The van der Waals surface area contributed by atoms with E-state index in [-0.39, 0.29) is 0 Å². The molecular weight excluding hydrogens is 552 g/mol. The summed E-state index contributed by atoms with van der Waals surface area (Å²) in [5, 5.41) is 5.73. The highest BCUT2D eigenvalue weighted by Gasteiger charge is 2.23. The lowest BCUT2D eigenvalue weighted by molar-refractivity contribution is 0.666. The van der Waals surface area contributed by atoms with E-state index >= 15 is 0 Å². The first-order valence-corrected chi connectivity index (χ1v) is 15.1. The molecular formula is C40H24N4O. The third kappa shape index (κ3) is 3.38. The topological polar surface area (TPSA) is 48.8 Å². The Morgan fingerprint density at radius 1 is 0.422 bits per heavy atom. The normalized spacial score (nSPS) is 12.0. The fraction of sp³-hybridized carbons (Fsp3) is 0. The first-order valence-electron chi connectivity index (χ1n) is 15.1. The summed E-state index contributed by atoms with van der Waals surface area (Å²) in [7, 11) is 0. The number of fused-ring (bicyclic) bond motifs is 9. The third-order valence-electron chi connectivity index (χ3n) is 8.97. The van der Waals surface area contributed by atoms with Crippen molar-refractivity contribution in [2.75, 3.05) is 0 Å². The molecule has 0 N–H and O–H groups in total. The molecule has 5 heteroatoms. The molecule has 210 valence electrons. The molecule has 0 amide bonds. The highest BCUT2D eigenvalue weighted by molar-refractivity contribution is 6.12. The van der Waals surface area contributed by atoms with Crippen LogP contribution in [0.1, 0.15) is 0 Å². The molecule has 5 nitrogen and oxygen atoms in total. The Bertz CT molecular complexity index is 2670. The Morgan fingerprint density at radius 2 is 0.889 bits per heavy atom. The van der Waals surface area contributed by atoms with E-state index in [0.717, 1.165) is 55.5 Å². The lowest BCUT2D eigenvalue weighted by Crippen LogP contribution is -2.04. The van der Waals surface area contributed by atoms with Crippen LogP contribution < -0.4 is 0 Å². The van der Waals surface area contributed by atoms with E-state index in [9.17, 15) is 0 Å². The fourth-order valence-corrected chi connectivity index (χ4v) is 7.05. The van der Waals surface area contributed by atoms with E-state index in [1.165, 1.54) is 21.5 Å². The van der Waals surface area contributed by atoms with E-state index in [4.69, 9.17) is 14.4 Å². The van der Waals surface area contributed by atoms with Crippen LogP contribution >= 0.6 is 0 Å². The van der Waals surface area contributed by atoms with Crippen LogP contribution in [0.15, 0.2) is 150 Å². The summed E-state index contributed by atoms with van der Waals surface area (Å²) in [6, 6.07) is 50.7. The third-order valence-corrected chi connectivity index (χ3v) is 8.97. The summed E-state index contributed by atoms with van der Waals surface area (Å²) in [6.45, 7) is 0. The van der Waals surface area contributed by atoms with Gasteiger partial charge in [-0.05, 0) is 42.5 Å². The van der Waals surface area contributed by atoms with E-state index in [1.807, 2.05) is 18.2 Å². The standard InChI is InChI=1S/C40H24N4O/c1-7-19-31-25(13-1)26-14-2-8-20-32(26)43(31)35-23-11-5-17-29(35)37-39-38(30-18-6-12-24-36(30)45-39)42-40(41-37)44-33-21-9-3-15-27(33)28-16-4-10-22-34(28)44/h1-24H. The first kappa shape index (κ1) is 24.3. The summed E-state index contributed by atoms with van der Waals surface area (Å²) < 4.78 is 11.1. The van der Waals surface area contributed by atoms with Gasteiger partial charge in [-0.3, -0.25) is 4.57 Å². The van der Waals surface area contributed by atoms with Crippen LogP contribution in [0.5, 0.6) is 0 Å². The number of furan rings is 1. The van der Waals surface area contributed by atoms with Crippen LogP contribution in [-0.4, -0.2) is 19.1 Å². The fourth-order valence-electron chi connectivity index (χ4n) is 7.05. The van der Waals surface area contributed by atoms with Gasteiger partial charge in [-0.2, -0.15) is 0 Å². The number of benzene rings is 6. The minimum atomic E-state index is 0.610. The lowest BCUT2D eigenvalue weighted by Gasteiger charge is -2.15. The van der Waals surface area contributed by atoms with Crippen molar-refractivity contribution in [3.63, 3.8) is 0 Å². The first-order chi connectivity index (χ1) is 22.3. The molecule has 0 bridgehead atoms. The van der Waals surface area contributed by atoms with Gasteiger partial charge >= 0.3 is 0 Å². The van der Waals surface area contributed by atoms with Gasteiger partial charge in [0, 0.05) is 32.5 Å². The zero-order chi connectivity index (χ0) is 29.5. The van der Waals surface area contributed by atoms with Crippen molar-refractivity contribution in [2.24, 2.45) is 0 Å². The molecule has 0 aliphatic carbocycles. The molecule has 0 radical (unpaired) electrons. The largest absolute Gasteiger partial charge is 0.452 e. The van der Waals surface area contributed by atoms with E-state index in [1.54, 1.807) is 0 Å². The molecule has 0 aliphatic heterocycles. The van der Waals surface area contributed by atoms with Gasteiger partial charge in [-0.25, -0.2) is 9.97 Å². The monoisotopic (exact) mass is 576 g/mol. The second kappa shape index (κ2) is 9.15. The summed E-state index contributed by atoms with van der Waals surface area (Å²) in [5.74, 6) is 0.610. The molecule has 45 heavy (non-hydrogen) atoms. The van der Waals surface area contributed by atoms with Crippen LogP contribution in [-0.2, 0) is 0 Å². The van der Waals surface area contributed by atoms with Crippen molar-refractivity contribution >= 4 is 65.7 Å². The van der Waals surface area contributed by atoms with Gasteiger partial charge < -0.3 is 8.98 Å². The number of rotatable bonds is 3. The summed E-state index contributed by atoms with van der Waals surface area (Å²) >= 11 is 0. The Labute approximate surface area is 257 Å². The maximum atomic E-state index is 6.59. The van der Waals surface area contributed by atoms with Crippen molar-refractivity contribution in [3.05, 3.63) is 146 Å². The molecule has 4 aromatic heterocycles. The van der Waals surface area contributed by atoms with Crippen molar-refractivity contribution in [1.82, 2.24) is 19.1 Å². The van der Waals surface area contributed by atoms with Gasteiger partial charge in [-0.1, -0.05) is 103 Å². The predicted octanol–water partition coefficient (Wildman–Crippen LogP) is 10.2. The second-order valence-corrected chi connectivity index (χ2v) is 11.4. The summed E-state index contributed by atoms with van der Waals surface area (Å²) in [4.78, 5) is 10.6. The van der Waals surface area contributed by atoms with Gasteiger partial charge in [0.15, 0.2) is 5.58 Å². The van der Waals surface area contributed by atoms with Gasteiger partial charge in [0.05, 0.1) is 27.8 Å². The molecule has 0 aliphatic rings. The van der Waals surface area contributed by atoms with Gasteiger partial charge in [0.1, 0.15) is 16.8 Å². The van der Waals surface area contributed by atoms with E-state index < -0.39 is 0 Å². The average molecular weight is 577 g/mol. The highest BCUT2D eigenvalue weighted by Crippen LogP contribution is 2.40. The Morgan fingerprint density at radius 3 is 1.49 bits per heavy atom. The molecule has 0 saturated heterocycles. The van der Waals surface area contributed by atoms with Gasteiger partial charge in [0.25, 0.3) is 0 Å². The van der Waals surface area contributed by atoms with Crippen molar-refractivity contribution in [3.8, 4) is 22.9 Å². The number of hydrogen-bond donors (Lipinski definition) is 0. The summed E-state index contributed by atoms with van der Waals surface area (Å²) in [5.41, 5.74) is 9.43. The molecule has 0 unspecified atom stereocenters. The zero-order valence-electron chi connectivity index (χ0n) is 24.1. The van der Waals surface area contributed by atoms with Crippen LogP contribution in [0.25, 0.3) is 88.6 Å². The Balaban J connectivity index is 1.35. The Hall–Kier alpha value is -6.20. The molecule has 10 rings (SSSR count). The minimum absolute atomic E-state index is 0.610. The van der Waals surface area contributed by atoms with Crippen molar-refractivity contribution < 1.29 is 4.42 Å². The zero-order valence-corrected chi connectivity index (χ0v) is 24.1. The van der Waals surface area contributed by atoms with Crippen LogP contribution in [0, 0.1) is 0 Å². The molecule has 6 aromatic carbocycles. The minimum Gasteiger partial charge on any atom is -0.452 e. The molecule has 4 heterocycles. The number of nitrogens with zero attached hydrogens (tertiary/aromatic N) is 4. The predicted molar refractivity (Wildman–Crippen MR) is 183 cm³/mol. The molecule has 0 fully saturated rings. The quantitative estimate of drug-likeness (QED) is 0.210. The van der Waals surface area contributed by atoms with Crippen LogP contribution in [0.2, 0.25) is 0 Å². The molecule has 0 atom stereocenters. The van der Waals surface area contributed by atoms with Crippen molar-refractivity contribution in [1.29, 1.82) is 0 Å². The number of aromatic nitrogens is 4. The molecule has 10 aromatic rings. The van der Waals surface area contributed by atoms with Crippen molar-refractivity contribution in [2.45, 2.75) is 0 Å². The van der Waals surface area contributed by atoms with E-state index in [2.05, 4.69) is 137 Å². The maximum absolute atomic E-state index is 6.59. The molecule has 0 saturated carbocycles. The smallest absolute Gasteiger partial charge is 0.236 e. The van der Waals surface area contributed by atoms with Gasteiger partial charge in [-0.15, -0.1) is 0 Å². The lowest BCUT2D eigenvalue weighted by atomic mass is 10.1. The maximum Gasteiger partial charge on any atom is 0.236 e. The Kier molecular flexibility index (Phi) is 4.93. The SMILES string of the molecule is c1ccc(-n2c3ccccc3c3ccccc32)c(-c2nc(-n3c4ccccc4c4ccccc43)nc3c2oc2ccccc23)c1. The van der Waals surface area contributed by atoms with Crippen LogP contribution in [0.4, 0.5) is 0 Å². The second-order valence-electron chi connectivity index (χ2n) is 11.4. The van der Waals surface area contributed by atoms with Crippen LogP contribution in [0.3, 0.4) is 0 Å².